The van der Waals surface area contributed by atoms with E-state index in [0.29, 0.717) is 5.69 Å². The van der Waals surface area contributed by atoms with Gasteiger partial charge in [-0.3, -0.25) is 0 Å². The first kappa shape index (κ1) is 8.87. The molecule has 1 aliphatic heterocycles. The van der Waals surface area contributed by atoms with Crippen LogP contribution >= 0.6 is 0 Å². The van der Waals surface area contributed by atoms with Gasteiger partial charge in [0, 0.05) is 16.9 Å². The molecule has 74 valence electrons. The minimum Gasteiger partial charge on any atom is -0.399 e. The summed E-state index contributed by atoms with van der Waals surface area (Å²) >= 11 is 0. The minimum atomic E-state index is -0.368. The Morgan fingerprint density at radius 2 is 2.07 bits per heavy atom. The van der Waals surface area contributed by atoms with Gasteiger partial charge >= 0.3 is 6.03 Å². The number of urea groups is 1. The van der Waals surface area contributed by atoms with E-state index in [1.54, 1.807) is 6.07 Å². The van der Waals surface area contributed by atoms with Gasteiger partial charge in [0.1, 0.15) is 0 Å². The molecule has 0 saturated heterocycles. The van der Waals surface area contributed by atoms with Crippen LogP contribution in [0.1, 0.15) is 19.4 Å². The lowest BCUT2D eigenvalue weighted by molar-refractivity contribution is 0.239. The summed E-state index contributed by atoms with van der Waals surface area (Å²) in [4.78, 5) is 11.3. The molecular formula is C10H13N3O. The lowest BCUT2D eigenvalue weighted by Crippen LogP contribution is -2.47. The van der Waals surface area contributed by atoms with Crippen molar-refractivity contribution in [3.8, 4) is 0 Å². The maximum Gasteiger partial charge on any atom is 0.319 e. The molecule has 1 aromatic rings. The third-order valence-electron chi connectivity index (χ3n) is 2.39. The van der Waals surface area contributed by atoms with Crippen molar-refractivity contribution in [1.29, 1.82) is 0 Å². The lowest BCUT2D eigenvalue weighted by Gasteiger charge is -2.33. The number of nitrogen functional groups attached to an aromatic ring is 1. The Morgan fingerprint density at radius 3 is 2.79 bits per heavy atom. The average Bonchev–Trinajstić information content (AvgIpc) is 2.05. The van der Waals surface area contributed by atoms with E-state index in [2.05, 4.69) is 10.6 Å². The summed E-state index contributed by atoms with van der Waals surface area (Å²) in [5, 5.41) is 5.57. The van der Waals surface area contributed by atoms with Gasteiger partial charge in [-0.05, 0) is 32.0 Å². The Labute approximate surface area is 82.5 Å². The quantitative estimate of drug-likeness (QED) is 0.546. The Balaban J connectivity index is 2.58. The van der Waals surface area contributed by atoms with Crippen molar-refractivity contribution in [1.82, 2.24) is 5.32 Å². The van der Waals surface area contributed by atoms with E-state index in [-0.39, 0.29) is 11.6 Å². The molecule has 2 rings (SSSR count). The number of benzene rings is 1. The fraction of sp³-hybridized carbons (Fsp3) is 0.300. The zero-order chi connectivity index (χ0) is 10.3. The highest BCUT2D eigenvalue weighted by molar-refractivity contribution is 5.94. The second kappa shape index (κ2) is 2.64. The first-order chi connectivity index (χ1) is 6.49. The number of hydrogen-bond acceptors (Lipinski definition) is 2. The monoisotopic (exact) mass is 191 g/mol. The van der Waals surface area contributed by atoms with Crippen LogP contribution < -0.4 is 16.4 Å². The number of nitrogens with one attached hydrogen (secondary N) is 2. The second-order valence-electron chi connectivity index (χ2n) is 4.01. The highest BCUT2D eigenvalue weighted by atomic mass is 16.2. The van der Waals surface area contributed by atoms with Crippen LogP contribution in [0, 0.1) is 0 Å². The van der Waals surface area contributed by atoms with E-state index in [4.69, 9.17) is 5.73 Å². The molecule has 4 N–H and O–H groups in total. The third kappa shape index (κ3) is 1.28. The van der Waals surface area contributed by atoms with Crippen LogP contribution in [0.25, 0.3) is 0 Å². The molecule has 0 radical (unpaired) electrons. The number of hydrogen-bond donors (Lipinski definition) is 3. The molecule has 2 amide bonds. The molecule has 14 heavy (non-hydrogen) atoms. The number of anilines is 2. The van der Waals surface area contributed by atoms with Crippen LogP contribution in [0.3, 0.4) is 0 Å². The predicted octanol–water partition coefficient (Wildman–Crippen LogP) is 1.64. The topological polar surface area (TPSA) is 67.2 Å². The van der Waals surface area contributed by atoms with E-state index >= 15 is 0 Å². The van der Waals surface area contributed by atoms with Crippen LogP contribution in [-0.2, 0) is 5.54 Å². The van der Waals surface area contributed by atoms with Gasteiger partial charge in [-0.1, -0.05) is 0 Å². The SMILES string of the molecule is CC1(C)NC(=O)Nc2ccc(N)cc21. The molecule has 0 bridgehead atoms. The Morgan fingerprint density at radius 1 is 1.36 bits per heavy atom. The average molecular weight is 191 g/mol. The van der Waals surface area contributed by atoms with E-state index < -0.39 is 0 Å². The van der Waals surface area contributed by atoms with Crippen molar-refractivity contribution in [2.75, 3.05) is 11.1 Å². The minimum absolute atomic E-state index is 0.174. The maximum absolute atomic E-state index is 11.3. The summed E-state index contributed by atoms with van der Waals surface area (Å²) in [7, 11) is 0. The summed E-state index contributed by atoms with van der Waals surface area (Å²) in [5.41, 5.74) is 7.87. The zero-order valence-electron chi connectivity index (χ0n) is 8.22. The van der Waals surface area contributed by atoms with Crippen LogP contribution in [0.5, 0.6) is 0 Å². The second-order valence-corrected chi connectivity index (χ2v) is 4.01. The van der Waals surface area contributed by atoms with Crippen LogP contribution in [0.2, 0.25) is 0 Å². The fourth-order valence-electron chi connectivity index (χ4n) is 1.69. The van der Waals surface area contributed by atoms with E-state index in [1.165, 1.54) is 0 Å². The largest absolute Gasteiger partial charge is 0.399 e. The van der Waals surface area contributed by atoms with E-state index in [1.807, 2.05) is 26.0 Å². The van der Waals surface area contributed by atoms with Gasteiger partial charge in [-0.2, -0.15) is 0 Å². The van der Waals surface area contributed by atoms with Crippen molar-refractivity contribution >= 4 is 17.4 Å². The molecule has 4 heteroatoms. The molecule has 0 aromatic heterocycles. The van der Waals surface area contributed by atoms with Crippen molar-refractivity contribution in [2.24, 2.45) is 0 Å². The molecule has 0 aliphatic carbocycles. The van der Waals surface area contributed by atoms with E-state index in [0.717, 1.165) is 11.3 Å². The first-order valence-electron chi connectivity index (χ1n) is 4.48. The number of nitrogens with two attached hydrogens (primary N) is 1. The molecule has 0 unspecified atom stereocenters. The highest BCUT2D eigenvalue weighted by Gasteiger charge is 2.30. The number of carbonyl (C=O) groups excluding carboxylic acids is 1. The number of amides is 2. The van der Waals surface area contributed by atoms with Gasteiger partial charge in [0.05, 0.1) is 5.54 Å². The number of fused-ring (bicyclic) bond motifs is 1. The van der Waals surface area contributed by atoms with Crippen LogP contribution in [0.4, 0.5) is 16.2 Å². The van der Waals surface area contributed by atoms with Crippen molar-refractivity contribution in [3.63, 3.8) is 0 Å². The molecule has 1 aromatic carbocycles. The van der Waals surface area contributed by atoms with Gasteiger partial charge in [0.25, 0.3) is 0 Å². The molecular weight excluding hydrogens is 178 g/mol. The first-order valence-corrected chi connectivity index (χ1v) is 4.48. The van der Waals surface area contributed by atoms with Crippen LogP contribution in [0.15, 0.2) is 18.2 Å². The Hall–Kier alpha value is -1.71. The lowest BCUT2D eigenvalue weighted by atomic mass is 9.91. The van der Waals surface area contributed by atoms with Gasteiger partial charge in [-0.15, -0.1) is 0 Å². The molecule has 4 nitrogen and oxygen atoms in total. The molecule has 1 heterocycles. The summed E-state index contributed by atoms with van der Waals surface area (Å²) in [6, 6.07) is 5.31. The standard InChI is InChI=1S/C10H13N3O/c1-10(2)7-5-6(11)3-4-8(7)12-9(14)13-10/h3-5H,11H2,1-2H3,(H2,12,13,14). The number of rotatable bonds is 0. The number of carbonyl (C=O) groups is 1. The summed E-state index contributed by atoms with van der Waals surface area (Å²) in [5.74, 6) is 0. The molecule has 1 aliphatic rings. The van der Waals surface area contributed by atoms with Gasteiger partial charge < -0.3 is 16.4 Å². The summed E-state index contributed by atoms with van der Waals surface area (Å²) < 4.78 is 0. The smallest absolute Gasteiger partial charge is 0.319 e. The summed E-state index contributed by atoms with van der Waals surface area (Å²) in [6.45, 7) is 3.90. The zero-order valence-corrected chi connectivity index (χ0v) is 8.22. The van der Waals surface area contributed by atoms with Crippen molar-refractivity contribution < 1.29 is 4.79 Å². The molecule has 0 atom stereocenters. The van der Waals surface area contributed by atoms with Crippen molar-refractivity contribution in [3.05, 3.63) is 23.8 Å². The van der Waals surface area contributed by atoms with Crippen molar-refractivity contribution in [2.45, 2.75) is 19.4 Å². The Bertz CT molecular complexity index is 398. The summed E-state index contributed by atoms with van der Waals surface area (Å²) in [6.07, 6.45) is 0. The molecule has 0 fully saturated rings. The van der Waals surface area contributed by atoms with Gasteiger partial charge in [-0.25, -0.2) is 4.79 Å². The Kier molecular flexibility index (Phi) is 1.67. The maximum atomic E-state index is 11.3. The van der Waals surface area contributed by atoms with Crippen LogP contribution in [-0.4, -0.2) is 6.03 Å². The predicted molar refractivity (Wildman–Crippen MR) is 56.0 cm³/mol. The highest BCUT2D eigenvalue weighted by Crippen LogP contribution is 2.32. The third-order valence-corrected chi connectivity index (χ3v) is 2.39. The molecule has 0 spiro atoms. The van der Waals surface area contributed by atoms with Gasteiger partial charge in [0.2, 0.25) is 0 Å². The van der Waals surface area contributed by atoms with E-state index in [9.17, 15) is 4.79 Å². The normalized spacial score (nSPS) is 18.0. The van der Waals surface area contributed by atoms with Gasteiger partial charge in [0.15, 0.2) is 0 Å². The fourth-order valence-corrected chi connectivity index (χ4v) is 1.69. The molecule has 0 saturated carbocycles.